The molecule has 102 valence electrons. The van der Waals surface area contributed by atoms with Crippen molar-refractivity contribution in [1.29, 1.82) is 0 Å². The number of rotatable bonds is 4. The molecular weight excluding hydrogens is 244 g/mol. The lowest BCUT2D eigenvalue weighted by molar-refractivity contribution is 0.104. The van der Waals surface area contributed by atoms with Gasteiger partial charge in [-0.15, -0.1) is 0 Å². The Morgan fingerprint density at radius 2 is 1.89 bits per heavy atom. The summed E-state index contributed by atoms with van der Waals surface area (Å²) in [5.41, 5.74) is 1.13. The van der Waals surface area contributed by atoms with Crippen LogP contribution in [0.1, 0.15) is 10.4 Å². The number of anilines is 1. The Balaban J connectivity index is 2.94. The van der Waals surface area contributed by atoms with E-state index in [1.54, 1.807) is 42.4 Å². The molecule has 0 fully saturated rings. The third kappa shape index (κ3) is 4.13. The lowest BCUT2D eigenvalue weighted by Gasteiger charge is -2.15. The van der Waals surface area contributed by atoms with Gasteiger partial charge in [0.05, 0.1) is 7.11 Å². The van der Waals surface area contributed by atoms with Crippen LogP contribution in [0.4, 0.5) is 10.5 Å². The summed E-state index contributed by atoms with van der Waals surface area (Å²) in [5.74, 6) is -0.117. The quantitative estimate of drug-likeness (QED) is 0.616. The fourth-order valence-electron chi connectivity index (χ4n) is 1.42. The summed E-state index contributed by atoms with van der Waals surface area (Å²) in [6.45, 7) is 0. The number of ketones is 1. The predicted molar refractivity (Wildman–Crippen MR) is 74.4 cm³/mol. The standard InChI is InChI=1S/C14H18N2O3/c1-15(2)9-8-13(17)11-6-5-7-12(10-11)16(3)14(18)19-4/h5-10H,1-4H3. The molecule has 0 N–H and O–H groups in total. The van der Waals surface area contributed by atoms with Crippen molar-refractivity contribution < 1.29 is 14.3 Å². The Bertz CT molecular complexity index is 495. The van der Waals surface area contributed by atoms with Crippen molar-refractivity contribution in [3.05, 3.63) is 42.1 Å². The summed E-state index contributed by atoms with van der Waals surface area (Å²) in [5, 5.41) is 0. The summed E-state index contributed by atoms with van der Waals surface area (Å²) >= 11 is 0. The van der Waals surface area contributed by atoms with E-state index in [9.17, 15) is 9.59 Å². The van der Waals surface area contributed by atoms with E-state index in [0.717, 1.165) is 0 Å². The lowest BCUT2D eigenvalue weighted by atomic mass is 10.1. The van der Waals surface area contributed by atoms with Crippen LogP contribution in [-0.2, 0) is 4.74 Å². The minimum absolute atomic E-state index is 0.117. The SMILES string of the molecule is COC(=O)N(C)c1cccc(C(=O)C=CN(C)C)c1. The Hall–Kier alpha value is -2.30. The number of methoxy groups -OCH3 is 1. The molecule has 19 heavy (non-hydrogen) atoms. The zero-order valence-electron chi connectivity index (χ0n) is 11.6. The molecule has 1 aromatic rings. The predicted octanol–water partition coefficient (Wildman–Crippen LogP) is 2.15. The van der Waals surface area contributed by atoms with Crippen LogP contribution in [0.15, 0.2) is 36.5 Å². The van der Waals surface area contributed by atoms with Gasteiger partial charge in [0.1, 0.15) is 0 Å². The zero-order chi connectivity index (χ0) is 14.4. The lowest BCUT2D eigenvalue weighted by Crippen LogP contribution is -2.25. The Kier molecular flexibility index (Phi) is 5.11. The van der Waals surface area contributed by atoms with E-state index in [4.69, 9.17) is 0 Å². The van der Waals surface area contributed by atoms with Crippen LogP contribution in [0.3, 0.4) is 0 Å². The highest BCUT2D eigenvalue weighted by Gasteiger charge is 2.12. The van der Waals surface area contributed by atoms with E-state index >= 15 is 0 Å². The molecule has 1 amide bonds. The second kappa shape index (κ2) is 6.58. The van der Waals surface area contributed by atoms with Crippen molar-refractivity contribution in [2.75, 3.05) is 33.2 Å². The number of amides is 1. The number of hydrogen-bond donors (Lipinski definition) is 0. The summed E-state index contributed by atoms with van der Waals surface area (Å²) in [4.78, 5) is 26.4. The van der Waals surface area contributed by atoms with Gasteiger partial charge < -0.3 is 9.64 Å². The molecule has 0 unspecified atom stereocenters. The highest BCUT2D eigenvalue weighted by Crippen LogP contribution is 2.16. The maximum absolute atomic E-state index is 11.9. The first-order valence-corrected chi connectivity index (χ1v) is 5.76. The summed E-state index contributed by atoms with van der Waals surface area (Å²) in [6.07, 6.45) is 2.68. The number of carbonyl (C=O) groups is 2. The van der Waals surface area contributed by atoms with Crippen LogP contribution in [0.5, 0.6) is 0 Å². The van der Waals surface area contributed by atoms with Gasteiger partial charge in [-0.2, -0.15) is 0 Å². The third-order valence-corrected chi connectivity index (χ3v) is 2.49. The van der Waals surface area contributed by atoms with Crippen molar-refractivity contribution >= 4 is 17.6 Å². The molecule has 0 saturated carbocycles. The first-order valence-electron chi connectivity index (χ1n) is 5.76. The Labute approximate surface area is 113 Å². The van der Waals surface area contributed by atoms with Crippen molar-refractivity contribution in [1.82, 2.24) is 4.90 Å². The highest BCUT2D eigenvalue weighted by molar-refractivity contribution is 6.05. The molecule has 5 heteroatoms. The molecule has 0 aliphatic heterocycles. The molecule has 0 bridgehead atoms. The molecule has 0 atom stereocenters. The van der Waals surface area contributed by atoms with Gasteiger partial charge in [0, 0.05) is 44.7 Å². The van der Waals surface area contributed by atoms with Crippen molar-refractivity contribution in [2.45, 2.75) is 0 Å². The van der Waals surface area contributed by atoms with Crippen molar-refractivity contribution in [2.24, 2.45) is 0 Å². The van der Waals surface area contributed by atoms with Gasteiger partial charge in [0.2, 0.25) is 0 Å². The summed E-state index contributed by atoms with van der Waals surface area (Å²) in [7, 11) is 6.58. The number of benzene rings is 1. The molecule has 0 saturated heterocycles. The van der Waals surface area contributed by atoms with Gasteiger partial charge in [0.15, 0.2) is 5.78 Å². The van der Waals surface area contributed by atoms with E-state index in [1.165, 1.54) is 18.1 Å². The number of ether oxygens (including phenoxy) is 1. The average molecular weight is 262 g/mol. The zero-order valence-corrected chi connectivity index (χ0v) is 11.6. The maximum atomic E-state index is 11.9. The number of allylic oxidation sites excluding steroid dienone is 1. The third-order valence-electron chi connectivity index (χ3n) is 2.49. The average Bonchev–Trinajstić information content (AvgIpc) is 2.43. The molecule has 0 spiro atoms. The van der Waals surface area contributed by atoms with E-state index in [0.29, 0.717) is 11.3 Å². The van der Waals surface area contributed by atoms with Crippen LogP contribution >= 0.6 is 0 Å². The maximum Gasteiger partial charge on any atom is 0.413 e. The van der Waals surface area contributed by atoms with Crippen molar-refractivity contribution in [3.8, 4) is 0 Å². The van der Waals surface area contributed by atoms with Gasteiger partial charge in [-0.25, -0.2) is 4.79 Å². The molecule has 1 aromatic carbocycles. The highest BCUT2D eigenvalue weighted by atomic mass is 16.5. The molecule has 0 radical (unpaired) electrons. The molecule has 1 rings (SSSR count). The minimum atomic E-state index is -0.478. The second-order valence-electron chi connectivity index (χ2n) is 4.22. The number of carbonyl (C=O) groups excluding carboxylic acids is 2. The molecule has 0 aromatic heterocycles. The normalized spacial score (nSPS) is 10.3. The summed E-state index contributed by atoms with van der Waals surface area (Å²) in [6, 6.07) is 6.82. The van der Waals surface area contributed by atoms with Crippen LogP contribution in [0, 0.1) is 0 Å². The smallest absolute Gasteiger partial charge is 0.413 e. The molecular formula is C14H18N2O3. The van der Waals surface area contributed by atoms with Crippen molar-refractivity contribution in [3.63, 3.8) is 0 Å². The Morgan fingerprint density at radius 1 is 1.21 bits per heavy atom. The van der Waals surface area contributed by atoms with Gasteiger partial charge >= 0.3 is 6.09 Å². The van der Waals surface area contributed by atoms with E-state index < -0.39 is 6.09 Å². The number of hydrogen-bond acceptors (Lipinski definition) is 4. The van der Waals surface area contributed by atoms with Gasteiger partial charge in [0.25, 0.3) is 0 Å². The van der Waals surface area contributed by atoms with E-state index in [1.807, 2.05) is 14.1 Å². The monoisotopic (exact) mass is 262 g/mol. The summed E-state index contributed by atoms with van der Waals surface area (Å²) < 4.78 is 4.63. The molecule has 5 nitrogen and oxygen atoms in total. The van der Waals surface area contributed by atoms with Gasteiger partial charge in [-0.05, 0) is 12.1 Å². The Morgan fingerprint density at radius 3 is 2.47 bits per heavy atom. The second-order valence-corrected chi connectivity index (χ2v) is 4.22. The molecule has 0 aliphatic carbocycles. The first kappa shape index (κ1) is 14.8. The molecule has 0 aliphatic rings. The number of nitrogens with zero attached hydrogens (tertiary/aromatic N) is 2. The fraction of sp³-hybridized carbons (Fsp3) is 0.286. The van der Waals surface area contributed by atoms with Crippen LogP contribution < -0.4 is 4.90 Å². The molecule has 0 heterocycles. The van der Waals surface area contributed by atoms with E-state index in [-0.39, 0.29) is 5.78 Å². The van der Waals surface area contributed by atoms with Gasteiger partial charge in [-0.3, -0.25) is 9.69 Å². The van der Waals surface area contributed by atoms with E-state index in [2.05, 4.69) is 4.74 Å². The van der Waals surface area contributed by atoms with Crippen LogP contribution in [0.2, 0.25) is 0 Å². The fourth-order valence-corrected chi connectivity index (χ4v) is 1.42. The van der Waals surface area contributed by atoms with Crippen LogP contribution in [-0.4, -0.2) is 45.0 Å². The van der Waals surface area contributed by atoms with Crippen LogP contribution in [0.25, 0.3) is 0 Å². The van der Waals surface area contributed by atoms with Gasteiger partial charge in [-0.1, -0.05) is 12.1 Å². The first-order chi connectivity index (χ1) is 8.95. The topological polar surface area (TPSA) is 49.9 Å². The minimum Gasteiger partial charge on any atom is -0.452 e. The largest absolute Gasteiger partial charge is 0.452 e.